The number of benzene rings is 3. The average molecular weight is 319 g/mol. The largest absolute Gasteiger partial charge is 0.465 e. The molecule has 3 aromatic carbocycles. The van der Waals surface area contributed by atoms with Gasteiger partial charge in [-0.1, -0.05) is 48.5 Å². The third-order valence-electron chi connectivity index (χ3n) is 4.82. The monoisotopic (exact) mass is 319 g/mol. The fraction of sp³-hybridized carbons (Fsp3) is 0.286. The Bertz CT molecular complexity index is 849. The number of rotatable bonds is 5. The molecule has 0 spiro atoms. The minimum atomic E-state index is -0.120. The lowest BCUT2D eigenvalue weighted by Gasteiger charge is -2.11. The summed E-state index contributed by atoms with van der Waals surface area (Å²) in [6.07, 6.45) is 1.90. The Morgan fingerprint density at radius 1 is 1.04 bits per heavy atom. The number of fused-ring (bicyclic) bond motifs is 2. The molecule has 3 heteroatoms. The second-order valence-corrected chi connectivity index (χ2v) is 6.34. The van der Waals surface area contributed by atoms with Gasteiger partial charge in [0.1, 0.15) is 6.04 Å². The second-order valence-electron chi connectivity index (χ2n) is 6.34. The molecule has 4 rings (SSSR count). The van der Waals surface area contributed by atoms with Gasteiger partial charge in [-0.15, -0.1) is 0 Å². The average Bonchev–Trinajstić information content (AvgIpc) is 3.38. The number of ether oxygens (including phenoxy) is 1. The molecule has 1 aliphatic rings. The molecule has 24 heavy (non-hydrogen) atoms. The lowest BCUT2D eigenvalue weighted by atomic mass is 9.93. The zero-order valence-electron chi connectivity index (χ0n) is 13.8. The van der Waals surface area contributed by atoms with E-state index in [4.69, 9.17) is 4.74 Å². The molecule has 0 aliphatic carbocycles. The van der Waals surface area contributed by atoms with Gasteiger partial charge in [0.25, 0.3) is 0 Å². The van der Waals surface area contributed by atoms with Crippen LogP contribution in [0.25, 0.3) is 21.5 Å². The number of nitrogens with one attached hydrogen (secondary N) is 1. The zero-order chi connectivity index (χ0) is 16.5. The molecule has 0 bridgehead atoms. The summed E-state index contributed by atoms with van der Waals surface area (Å²) >= 11 is 0. The van der Waals surface area contributed by atoms with E-state index < -0.39 is 0 Å². The third-order valence-corrected chi connectivity index (χ3v) is 4.82. The molecule has 0 saturated carbocycles. The van der Waals surface area contributed by atoms with Crippen molar-refractivity contribution in [3.05, 3.63) is 60.2 Å². The Morgan fingerprint density at radius 3 is 2.29 bits per heavy atom. The van der Waals surface area contributed by atoms with Crippen molar-refractivity contribution in [1.82, 2.24) is 5.32 Å². The summed E-state index contributed by atoms with van der Waals surface area (Å²) in [5.41, 5.74) is 1.38. The molecule has 1 N–H and O–H groups in total. The summed E-state index contributed by atoms with van der Waals surface area (Å²) < 4.78 is 5.09. The Labute approximate surface area is 141 Å². The first-order valence-corrected chi connectivity index (χ1v) is 8.60. The van der Waals surface area contributed by atoms with Gasteiger partial charge >= 0.3 is 5.97 Å². The van der Waals surface area contributed by atoms with Gasteiger partial charge in [0.05, 0.1) is 6.61 Å². The van der Waals surface area contributed by atoms with Crippen LogP contribution in [0.4, 0.5) is 0 Å². The normalized spacial score (nSPS) is 19.5. The van der Waals surface area contributed by atoms with Crippen molar-refractivity contribution in [3.8, 4) is 0 Å². The number of carbonyl (C=O) groups is 1. The van der Waals surface area contributed by atoms with E-state index in [9.17, 15) is 4.79 Å². The molecule has 1 heterocycles. The quantitative estimate of drug-likeness (QED) is 0.442. The highest BCUT2D eigenvalue weighted by Crippen LogP contribution is 2.31. The molecule has 0 radical (unpaired) electrons. The van der Waals surface area contributed by atoms with Crippen molar-refractivity contribution in [2.24, 2.45) is 0 Å². The highest BCUT2D eigenvalue weighted by Gasteiger charge is 2.42. The van der Waals surface area contributed by atoms with E-state index in [2.05, 4.69) is 59.9 Å². The van der Waals surface area contributed by atoms with Crippen LogP contribution in [0.15, 0.2) is 54.6 Å². The number of hydrogen-bond acceptors (Lipinski definition) is 3. The van der Waals surface area contributed by atoms with Gasteiger partial charge in [-0.05, 0) is 52.9 Å². The first-order valence-electron chi connectivity index (χ1n) is 8.60. The van der Waals surface area contributed by atoms with E-state index in [1.807, 2.05) is 6.92 Å². The number of aryl methyl sites for hydroxylation is 1. The molecule has 0 aromatic heterocycles. The third kappa shape index (κ3) is 2.76. The van der Waals surface area contributed by atoms with Crippen LogP contribution in [-0.2, 0) is 16.0 Å². The maximum atomic E-state index is 11.8. The molecular weight excluding hydrogens is 298 g/mol. The van der Waals surface area contributed by atoms with Crippen LogP contribution in [0.5, 0.6) is 0 Å². The van der Waals surface area contributed by atoms with E-state index in [1.165, 1.54) is 27.1 Å². The van der Waals surface area contributed by atoms with Gasteiger partial charge in [-0.2, -0.15) is 0 Å². The highest BCUT2D eigenvalue weighted by molar-refractivity contribution is 6.02. The number of esters is 1. The van der Waals surface area contributed by atoms with Gasteiger partial charge in [0, 0.05) is 6.04 Å². The predicted octanol–water partition coefficient (Wildman–Crippen LogP) is 3.83. The number of carbonyl (C=O) groups excluding carboxylic acids is 1. The summed E-state index contributed by atoms with van der Waals surface area (Å²) in [6.45, 7) is 2.29. The molecule has 3 nitrogen and oxygen atoms in total. The maximum Gasteiger partial charge on any atom is 0.324 e. The molecule has 122 valence electrons. The zero-order valence-corrected chi connectivity index (χ0v) is 13.8. The first-order chi connectivity index (χ1) is 11.8. The predicted molar refractivity (Wildman–Crippen MR) is 97.1 cm³/mol. The van der Waals surface area contributed by atoms with Crippen LogP contribution in [0, 0.1) is 0 Å². The smallest absolute Gasteiger partial charge is 0.324 e. The van der Waals surface area contributed by atoms with Gasteiger partial charge < -0.3 is 4.74 Å². The lowest BCUT2D eigenvalue weighted by molar-refractivity contribution is -0.142. The molecule has 0 amide bonds. The van der Waals surface area contributed by atoms with Gasteiger partial charge in [-0.3, -0.25) is 10.1 Å². The van der Waals surface area contributed by atoms with Crippen LogP contribution in [0.1, 0.15) is 18.9 Å². The minimum absolute atomic E-state index is 0.119. The van der Waals surface area contributed by atoms with Crippen LogP contribution < -0.4 is 5.32 Å². The van der Waals surface area contributed by atoms with E-state index in [0.29, 0.717) is 6.61 Å². The van der Waals surface area contributed by atoms with Crippen molar-refractivity contribution >= 4 is 27.5 Å². The summed E-state index contributed by atoms with van der Waals surface area (Å²) in [5.74, 6) is -0.120. The Balaban J connectivity index is 1.62. The van der Waals surface area contributed by atoms with Crippen LogP contribution >= 0.6 is 0 Å². The van der Waals surface area contributed by atoms with E-state index in [-0.39, 0.29) is 18.1 Å². The summed E-state index contributed by atoms with van der Waals surface area (Å²) in [6, 6.07) is 19.5. The van der Waals surface area contributed by atoms with Gasteiger partial charge in [0.2, 0.25) is 0 Å². The van der Waals surface area contributed by atoms with Crippen LogP contribution in [0.3, 0.4) is 0 Å². The summed E-state index contributed by atoms with van der Waals surface area (Å²) in [4.78, 5) is 11.8. The van der Waals surface area contributed by atoms with Crippen molar-refractivity contribution in [3.63, 3.8) is 0 Å². The summed E-state index contributed by atoms with van der Waals surface area (Å²) in [5, 5.41) is 8.41. The van der Waals surface area contributed by atoms with Crippen molar-refractivity contribution in [2.45, 2.75) is 31.8 Å². The fourth-order valence-electron chi connectivity index (χ4n) is 3.57. The topological polar surface area (TPSA) is 48.2 Å². The highest BCUT2D eigenvalue weighted by atomic mass is 16.5. The molecule has 3 aromatic rings. The van der Waals surface area contributed by atoms with E-state index in [0.717, 1.165) is 12.8 Å². The number of hydrogen-bond donors (Lipinski definition) is 1. The van der Waals surface area contributed by atoms with Crippen LogP contribution in [-0.4, -0.2) is 24.7 Å². The molecule has 2 atom stereocenters. The molecule has 2 unspecified atom stereocenters. The summed E-state index contributed by atoms with van der Waals surface area (Å²) in [7, 11) is 0. The Morgan fingerprint density at radius 2 is 1.67 bits per heavy atom. The molecular formula is C21H21NO2. The lowest BCUT2D eigenvalue weighted by Crippen LogP contribution is -2.15. The van der Waals surface area contributed by atoms with Gasteiger partial charge in [-0.25, -0.2) is 0 Å². The standard InChI is InChI=1S/C21H21NO2/c1-2-24-21(23)20-19(22-20)12-11-18-16-9-5-3-7-14(16)13-15-8-4-6-10-17(15)18/h3-10,13,19-20,22H,2,11-12H2,1H3. The van der Waals surface area contributed by atoms with Crippen molar-refractivity contribution in [2.75, 3.05) is 6.61 Å². The van der Waals surface area contributed by atoms with Gasteiger partial charge in [0.15, 0.2) is 0 Å². The van der Waals surface area contributed by atoms with Crippen molar-refractivity contribution < 1.29 is 9.53 Å². The molecule has 1 fully saturated rings. The Hall–Kier alpha value is -2.39. The maximum absolute atomic E-state index is 11.8. The second kappa shape index (κ2) is 6.25. The van der Waals surface area contributed by atoms with Crippen molar-refractivity contribution in [1.29, 1.82) is 0 Å². The molecule has 1 aliphatic heterocycles. The Kier molecular flexibility index (Phi) is 3.95. The van der Waals surface area contributed by atoms with E-state index >= 15 is 0 Å². The SMILES string of the molecule is CCOC(=O)C1NC1CCc1c2ccccc2cc2ccccc12. The first kappa shape index (κ1) is 15.2. The van der Waals surface area contributed by atoms with Crippen LogP contribution in [0.2, 0.25) is 0 Å². The minimum Gasteiger partial charge on any atom is -0.465 e. The fourth-order valence-corrected chi connectivity index (χ4v) is 3.57. The molecule has 1 saturated heterocycles. The van der Waals surface area contributed by atoms with E-state index in [1.54, 1.807) is 0 Å².